The van der Waals surface area contributed by atoms with Gasteiger partial charge < -0.3 is 36.3 Å². The van der Waals surface area contributed by atoms with Gasteiger partial charge in [0, 0.05) is 0 Å². The number of nitrogen functional groups attached to an aromatic ring is 1. The van der Waals surface area contributed by atoms with Crippen molar-refractivity contribution in [1.29, 1.82) is 0 Å². The third kappa shape index (κ3) is 5.17. The molecule has 0 unspecified atom stereocenters. The summed E-state index contributed by atoms with van der Waals surface area (Å²) in [6.07, 6.45) is -3.05. The lowest BCUT2D eigenvalue weighted by Crippen LogP contribution is -2.45. The number of aliphatic hydroxyl groups excluding tert-OH is 2. The Morgan fingerprint density at radius 2 is 1.97 bits per heavy atom. The quantitative estimate of drug-likeness (QED) is 0.530. The van der Waals surface area contributed by atoms with Gasteiger partial charge in [0.25, 0.3) is 0 Å². The van der Waals surface area contributed by atoms with Gasteiger partial charge in [-0.3, -0.25) is 0 Å². The van der Waals surface area contributed by atoms with Crippen molar-refractivity contribution >= 4 is 17.5 Å². The molecular formula is C19H33N5O6. The number of ether oxygens (including phenoxy) is 3. The van der Waals surface area contributed by atoms with Gasteiger partial charge in [-0.1, -0.05) is 13.8 Å². The molecule has 2 aromatic heterocycles. The maximum absolute atomic E-state index is 11.8. The van der Waals surface area contributed by atoms with Gasteiger partial charge >= 0.3 is 6.16 Å². The Morgan fingerprint density at radius 3 is 2.57 bits per heavy atom. The number of nitrogens with zero attached hydrogens (tertiary/aromatic N) is 3. The molecule has 2 aromatic rings. The topological polar surface area (TPSA) is 176 Å². The van der Waals surface area contributed by atoms with Gasteiger partial charge in [0.05, 0.1) is 5.69 Å². The number of anilines is 1. The highest BCUT2D eigenvalue weighted by atomic mass is 16.7. The molecule has 0 radical (unpaired) electrons. The van der Waals surface area contributed by atoms with Crippen LogP contribution < -0.4 is 11.9 Å². The zero-order valence-corrected chi connectivity index (χ0v) is 18.3. The molecule has 0 amide bonds. The van der Waals surface area contributed by atoms with E-state index in [9.17, 15) is 15.0 Å². The Labute approximate surface area is 175 Å². The first-order chi connectivity index (χ1) is 13.5. The lowest BCUT2D eigenvalue weighted by Gasteiger charge is -2.27. The van der Waals surface area contributed by atoms with E-state index in [1.165, 1.54) is 10.8 Å². The fourth-order valence-electron chi connectivity index (χ4n) is 2.98. The van der Waals surface area contributed by atoms with E-state index in [2.05, 4.69) is 10.1 Å². The first kappa shape index (κ1) is 25.6. The molecule has 4 atom stereocenters. The summed E-state index contributed by atoms with van der Waals surface area (Å²) in [4.78, 5) is 15.7. The van der Waals surface area contributed by atoms with Gasteiger partial charge in [0.2, 0.25) is 0 Å². The normalized spacial score (nSPS) is 25.8. The van der Waals surface area contributed by atoms with Crippen molar-refractivity contribution < 1.29 is 29.2 Å². The fourth-order valence-corrected chi connectivity index (χ4v) is 2.98. The molecule has 0 spiro atoms. The highest BCUT2D eigenvalue weighted by Crippen LogP contribution is 2.40. The highest BCUT2D eigenvalue weighted by Gasteiger charge is 2.53. The zero-order chi connectivity index (χ0) is 22.0. The molecule has 1 fully saturated rings. The molecular weight excluding hydrogens is 394 g/mol. The van der Waals surface area contributed by atoms with E-state index in [1.54, 1.807) is 39.8 Å². The molecule has 30 heavy (non-hydrogen) atoms. The second-order valence-corrected chi connectivity index (χ2v) is 7.74. The Kier molecular flexibility index (Phi) is 8.15. The van der Waals surface area contributed by atoms with Crippen LogP contribution in [0.1, 0.15) is 53.3 Å². The summed E-state index contributed by atoms with van der Waals surface area (Å²) < 4.78 is 17.5. The molecule has 1 aliphatic heterocycles. The van der Waals surface area contributed by atoms with Gasteiger partial charge in [0.15, 0.2) is 5.82 Å². The van der Waals surface area contributed by atoms with Crippen LogP contribution in [0.25, 0.3) is 5.52 Å². The van der Waals surface area contributed by atoms with Crippen LogP contribution >= 0.6 is 0 Å². The lowest BCUT2D eigenvalue weighted by molar-refractivity contribution is -0.114. The van der Waals surface area contributed by atoms with Gasteiger partial charge in [-0.15, -0.1) is 0 Å². The average molecular weight is 428 g/mol. The van der Waals surface area contributed by atoms with Crippen molar-refractivity contribution in [2.24, 2.45) is 0 Å². The smallest absolute Gasteiger partial charge is 0.431 e. The Hall–Kier alpha value is -2.47. The van der Waals surface area contributed by atoms with Crippen molar-refractivity contribution in [1.82, 2.24) is 20.7 Å². The first-order valence-electron chi connectivity index (χ1n) is 9.50. The van der Waals surface area contributed by atoms with Crippen LogP contribution in [0.15, 0.2) is 18.5 Å². The minimum absolute atomic E-state index is 0. The van der Waals surface area contributed by atoms with Crippen molar-refractivity contribution in [2.45, 2.75) is 71.1 Å². The summed E-state index contributed by atoms with van der Waals surface area (Å²) in [5.74, 6) is 0.278. The predicted octanol–water partition coefficient (Wildman–Crippen LogP) is 2.00. The van der Waals surface area contributed by atoms with E-state index in [4.69, 9.17) is 19.9 Å². The SMILES string of the molecule is CC.CC(C)(C)OC(=O)OC[C@@]1(C)O[C@@H](c2ccc3c(N)ncnn23)[C@H](O)[C@@H]1O.N. The van der Waals surface area contributed by atoms with E-state index in [0.717, 1.165) is 0 Å². The zero-order valence-electron chi connectivity index (χ0n) is 18.3. The molecule has 3 rings (SSSR count). The molecule has 0 aromatic carbocycles. The first-order valence-corrected chi connectivity index (χ1v) is 9.50. The molecule has 1 saturated heterocycles. The number of carbonyl (C=O) groups excluding carboxylic acids is 1. The van der Waals surface area contributed by atoms with E-state index in [0.29, 0.717) is 11.2 Å². The number of hydrogen-bond donors (Lipinski definition) is 4. The molecule has 170 valence electrons. The van der Waals surface area contributed by atoms with E-state index in [1.807, 2.05) is 13.8 Å². The molecule has 11 heteroatoms. The van der Waals surface area contributed by atoms with Gasteiger partial charge in [-0.05, 0) is 39.8 Å². The molecule has 1 aliphatic rings. The predicted molar refractivity (Wildman–Crippen MR) is 110 cm³/mol. The Morgan fingerprint density at radius 1 is 1.33 bits per heavy atom. The van der Waals surface area contributed by atoms with E-state index < -0.39 is 35.7 Å². The van der Waals surface area contributed by atoms with Gasteiger partial charge in [-0.2, -0.15) is 5.10 Å². The number of carbonyl (C=O) groups is 1. The maximum atomic E-state index is 11.8. The number of nitrogens with two attached hydrogens (primary N) is 1. The van der Waals surface area contributed by atoms with Crippen LogP contribution in [0.2, 0.25) is 0 Å². The molecule has 0 saturated carbocycles. The summed E-state index contributed by atoms with van der Waals surface area (Å²) in [5, 5.41) is 25.1. The number of aliphatic hydroxyl groups is 2. The van der Waals surface area contributed by atoms with E-state index >= 15 is 0 Å². The summed E-state index contributed by atoms with van der Waals surface area (Å²) in [6, 6.07) is 3.38. The number of fused-ring (bicyclic) bond motifs is 1. The molecule has 7 N–H and O–H groups in total. The Balaban J connectivity index is 0.00000146. The van der Waals surface area contributed by atoms with Gasteiger partial charge in [0.1, 0.15) is 48.0 Å². The standard InChI is InChI=1S/C17H24N4O6.C2H6.H3N/c1-16(2,3)27-15(24)25-7-17(4)13(23)11(22)12(26-17)9-5-6-10-14(18)19-8-20-21(9)10;1-2;/h5-6,8,11-13,22-23H,7H2,1-4H3,(H2,18,19,20);1-2H3;1H3/t11-,12-,13-,17+;;/m0../s1. The monoisotopic (exact) mass is 427 g/mol. The number of hydrogen-bond acceptors (Lipinski definition) is 10. The molecule has 0 bridgehead atoms. The molecule has 0 aliphatic carbocycles. The van der Waals surface area contributed by atoms with Crippen molar-refractivity contribution in [3.8, 4) is 0 Å². The number of rotatable bonds is 3. The van der Waals surface area contributed by atoms with Gasteiger partial charge in [-0.25, -0.2) is 14.3 Å². The van der Waals surface area contributed by atoms with Crippen LogP contribution in [0.4, 0.5) is 10.6 Å². The third-order valence-electron chi connectivity index (χ3n) is 4.32. The van der Waals surface area contributed by atoms with Crippen LogP contribution in [0.5, 0.6) is 0 Å². The third-order valence-corrected chi connectivity index (χ3v) is 4.32. The van der Waals surface area contributed by atoms with Crippen LogP contribution in [0, 0.1) is 0 Å². The minimum Gasteiger partial charge on any atom is -0.431 e. The summed E-state index contributed by atoms with van der Waals surface area (Å²) in [7, 11) is 0. The summed E-state index contributed by atoms with van der Waals surface area (Å²) in [6.45, 7) is 10.4. The number of aromatic nitrogens is 3. The maximum Gasteiger partial charge on any atom is 0.508 e. The average Bonchev–Trinajstić information content (AvgIpc) is 3.17. The Bertz CT molecular complexity index is 852. The highest BCUT2D eigenvalue weighted by molar-refractivity contribution is 5.65. The second kappa shape index (κ2) is 9.56. The van der Waals surface area contributed by atoms with Crippen molar-refractivity contribution in [3.05, 3.63) is 24.2 Å². The second-order valence-electron chi connectivity index (χ2n) is 7.74. The van der Waals surface area contributed by atoms with E-state index in [-0.39, 0.29) is 18.6 Å². The van der Waals surface area contributed by atoms with Crippen LogP contribution in [-0.4, -0.2) is 61.0 Å². The van der Waals surface area contributed by atoms with Crippen LogP contribution in [-0.2, 0) is 14.2 Å². The minimum atomic E-state index is -1.33. The molecule has 3 heterocycles. The summed E-state index contributed by atoms with van der Waals surface area (Å²) in [5.41, 5.74) is 4.82. The van der Waals surface area contributed by atoms with Crippen LogP contribution in [0.3, 0.4) is 0 Å². The summed E-state index contributed by atoms with van der Waals surface area (Å²) >= 11 is 0. The van der Waals surface area contributed by atoms with Crippen molar-refractivity contribution in [3.63, 3.8) is 0 Å². The lowest BCUT2D eigenvalue weighted by atomic mass is 9.97. The fraction of sp³-hybridized carbons (Fsp3) is 0.632. The van der Waals surface area contributed by atoms with Crippen molar-refractivity contribution in [2.75, 3.05) is 12.3 Å². The molecule has 11 nitrogen and oxygen atoms in total. The largest absolute Gasteiger partial charge is 0.508 e.